The Labute approximate surface area is 108 Å². The zero-order valence-corrected chi connectivity index (χ0v) is 12.2. The molecule has 0 aromatic rings. The third kappa shape index (κ3) is 4.22. The van der Waals surface area contributed by atoms with Gasteiger partial charge < -0.3 is 10.6 Å². The predicted octanol–water partition coefficient (Wildman–Crippen LogP) is 1.62. The van der Waals surface area contributed by atoms with Crippen LogP contribution in [0.5, 0.6) is 0 Å². The molecule has 0 aromatic carbocycles. The van der Waals surface area contributed by atoms with Crippen LogP contribution >= 0.6 is 11.8 Å². The van der Waals surface area contributed by atoms with Gasteiger partial charge in [0.2, 0.25) is 5.91 Å². The molecule has 1 amide bonds. The Balaban J connectivity index is 2.62. The Morgan fingerprint density at radius 2 is 2.24 bits per heavy atom. The molecule has 0 radical (unpaired) electrons. The average Bonchev–Trinajstić information content (AvgIpc) is 2.24. The Bertz CT molecular complexity index is 324. The van der Waals surface area contributed by atoms with Crippen molar-refractivity contribution in [1.29, 1.82) is 0 Å². The zero-order chi connectivity index (χ0) is 13.1. The number of nitrogens with one attached hydrogen (secondary N) is 2. The molecular weight excluding hydrogens is 234 g/mol. The van der Waals surface area contributed by atoms with Gasteiger partial charge in [-0.25, -0.2) is 0 Å². The highest BCUT2D eigenvalue weighted by Gasteiger charge is 2.28. The summed E-state index contributed by atoms with van der Waals surface area (Å²) in [4.78, 5) is 16.2. The fourth-order valence-electron chi connectivity index (χ4n) is 1.56. The molecule has 2 N–H and O–H groups in total. The number of rotatable bonds is 3. The predicted molar refractivity (Wildman–Crippen MR) is 74.4 cm³/mol. The molecule has 1 saturated heterocycles. The van der Waals surface area contributed by atoms with E-state index < -0.39 is 5.41 Å². The molecule has 0 atom stereocenters. The van der Waals surface area contributed by atoms with E-state index in [-0.39, 0.29) is 11.4 Å². The molecule has 1 aliphatic heterocycles. The Kier molecular flexibility index (Phi) is 4.47. The van der Waals surface area contributed by atoms with Crippen molar-refractivity contribution in [2.75, 3.05) is 19.3 Å². The maximum absolute atomic E-state index is 11.6. The summed E-state index contributed by atoms with van der Waals surface area (Å²) in [7, 11) is 1.66. The van der Waals surface area contributed by atoms with Crippen LogP contribution in [0.25, 0.3) is 0 Å². The summed E-state index contributed by atoms with van der Waals surface area (Å²) in [6.45, 7) is 8.68. The van der Waals surface area contributed by atoms with Gasteiger partial charge in [0.15, 0.2) is 5.17 Å². The molecule has 0 aliphatic carbocycles. The lowest BCUT2D eigenvalue weighted by Crippen LogP contribution is -2.46. The van der Waals surface area contributed by atoms with Gasteiger partial charge >= 0.3 is 0 Å². The van der Waals surface area contributed by atoms with E-state index >= 15 is 0 Å². The first-order valence-electron chi connectivity index (χ1n) is 5.94. The quantitative estimate of drug-likeness (QED) is 0.808. The first-order chi connectivity index (χ1) is 7.77. The van der Waals surface area contributed by atoms with E-state index in [0.29, 0.717) is 6.54 Å². The molecule has 0 aromatic heterocycles. The van der Waals surface area contributed by atoms with Gasteiger partial charge in [0, 0.05) is 18.3 Å². The van der Waals surface area contributed by atoms with Gasteiger partial charge in [-0.2, -0.15) is 0 Å². The summed E-state index contributed by atoms with van der Waals surface area (Å²) in [5, 5.41) is 7.03. The molecule has 1 fully saturated rings. The first kappa shape index (κ1) is 14.4. The van der Waals surface area contributed by atoms with Crippen molar-refractivity contribution in [3.63, 3.8) is 0 Å². The molecule has 1 rings (SSSR count). The van der Waals surface area contributed by atoms with Gasteiger partial charge in [-0.3, -0.25) is 9.79 Å². The monoisotopic (exact) mass is 257 g/mol. The van der Waals surface area contributed by atoms with E-state index in [9.17, 15) is 4.79 Å². The fourth-order valence-corrected chi connectivity index (χ4v) is 2.87. The highest BCUT2D eigenvalue weighted by molar-refractivity contribution is 8.13. The summed E-state index contributed by atoms with van der Waals surface area (Å²) >= 11 is 1.73. The summed E-state index contributed by atoms with van der Waals surface area (Å²) in [6.07, 6.45) is 1.13. The molecule has 0 spiro atoms. The summed E-state index contributed by atoms with van der Waals surface area (Å²) in [5.41, 5.74) is -0.340. The van der Waals surface area contributed by atoms with Crippen LogP contribution in [0.15, 0.2) is 4.99 Å². The molecule has 17 heavy (non-hydrogen) atoms. The zero-order valence-electron chi connectivity index (χ0n) is 11.4. The number of amides is 1. The van der Waals surface area contributed by atoms with Crippen molar-refractivity contribution in [2.45, 2.75) is 39.7 Å². The normalized spacial score (nSPS) is 22.1. The lowest BCUT2D eigenvalue weighted by Gasteiger charge is -2.32. The van der Waals surface area contributed by atoms with E-state index in [1.807, 2.05) is 13.8 Å². The van der Waals surface area contributed by atoms with Crippen molar-refractivity contribution >= 4 is 22.8 Å². The van der Waals surface area contributed by atoms with Crippen LogP contribution in [0.1, 0.15) is 34.1 Å². The summed E-state index contributed by atoms with van der Waals surface area (Å²) in [5.74, 6) is 1.11. The minimum atomic E-state index is -0.453. The van der Waals surface area contributed by atoms with Crippen molar-refractivity contribution in [2.24, 2.45) is 10.4 Å². The molecule has 0 saturated carbocycles. The smallest absolute Gasteiger partial charge is 0.227 e. The van der Waals surface area contributed by atoms with Crippen molar-refractivity contribution in [3.05, 3.63) is 0 Å². The highest BCUT2D eigenvalue weighted by Crippen LogP contribution is 2.23. The summed E-state index contributed by atoms with van der Waals surface area (Å²) < 4.78 is 0. The molecule has 5 heteroatoms. The van der Waals surface area contributed by atoms with Gasteiger partial charge in [-0.1, -0.05) is 11.8 Å². The minimum absolute atomic E-state index is 0.0296. The molecule has 4 nitrogen and oxygen atoms in total. The molecule has 98 valence electrons. The standard InChI is InChI=1S/C12H23N3OS/c1-11(2,9(16)13-5)8-14-10-15-12(3,4)6-7-17-10/h6-8H2,1-5H3,(H,13,16)(H,14,15). The number of carbonyl (C=O) groups excluding carboxylic acids is 1. The van der Waals surface area contributed by atoms with Crippen molar-refractivity contribution < 1.29 is 4.79 Å². The molecular formula is C12H23N3OS. The van der Waals surface area contributed by atoms with Crippen LogP contribution in [0.3, 0.4) is 0 Å². The average molecular weight is 257 g/mol. The highest BCUT2D eigenvalue weighted by atomic mass is 32.2. The van der Waals surface area contributed by atoms with Gasteiger partial charge in [-0.05, 0) is 34.1 Å². The number of hydrogen-bond donors (Lipinski definition) is 2. The van der Waals surface area contributed by atoms with Crippen LogP contribution < -0.4 is 10.6 Å². The lowest BCUT2D eigenvalue weighted by atomic mass is 9.93. The number of nitrogens with zero attached hydrogens (tertiary/aromatic N) is 1. The molecule has 0 bridgehead atoms. The van der Waals surface area contributed by atoms with Crippen LogP contribution in [0.4, 0.5) is 0 Å². The number of amidine groups is 1. The maximum atomic E-state index is 11.6. The second-order valence-corrected chi connectivity index (χ2v) is 6.78. The second kappa shape index (κ2) is 5.29. The van der Waals surface area contributed by atoms with Crippen LogP contribution in [0.2, 0.25) is 0 Å². The van der Waals surface area contributed by atoms with Crippen molar-refractivity contribution in [3.8, 4) is 0 Å². The second-order valence-electron chi connectivity index (χ2n) is 5.69. The van der Waals surface area contributed by atoms with E-state index in [1.165, 1.54) is 0 Å². The van der Waals surface area contributed by atoms with Crippen LogP contribution in [0, 0.1) is 5.41 Å². The van der Waals surface area contributed by atoms with Gasteiger partial charge in [-0.15, -0.1) is 0 Å². The van der Waals surface area contributed by atoms with Gasteiger partial charge in [0.1, 0.15) is 0 Å². The topological polar surface area (TPSA) is 53.5 Å². The van der Waals surface area contributed by atoms with E-state index in [2.05, 4.69) is 29.5 Å². The molecule has 1 aliphatic rings. The third-order valence-corrected chi connectivity index (χ3v) is 3.78. The van der Waals surface area contributed by atoms with E-state index in [0.717, 1.165) is 17.3 Å². The van der Waals surface area contributed by atoms with Crippen molar-refractivity contribution in [1.82, 2.24) is 10.6 Å². The minimum Gasteiger partial charge on any atom is -0.360 e. The Morgan fingerprint density at radius 1 is 1.59 bits per heavy atom. The van der Waals surface area contributed by atoms with E-state index in [4.69, 9.17) is 0 Å². The maximum Gasteiger partial charge on any atom is 0.227 e. The SMILES string of the molecule is CNC(=O)C(C)(C)CN=C1NC(C)(C)CCS1. The largest absolute Gasteiger partial charge is 0.360 e. The number of aliphatic imine (C=N–C) groups is 1. The number of thioether (sulfide) groups is 1. The summed E-state index contributed by atoms with van der Waals surface area (Å²) in [6, 6.07) is 0. The van der Waals surface area contributed by atoms with Crippen LogP contribution in [-0.4, -0.2) is 36.0 Å². The van der Waals surface area contributed by atoms with Gasteiger partial charge in [0.05, 0.1) is 12.0 Å². The fraction of sp³-hybridized carbons (Fsp3) is 0.833. The number of carbonyl (C=O) groups is 1. The van der Waals surface area contributed by atoms with E-state index in [1.54, 1.807) is 18.8 Å². The lowest BCUT2D eigenvalue weighted by molar-refractivity contribution is -0.128. The molecule has 0 unspecified atom stereocenters. The Morgan fingerprint density at radius 3 is 2.76 bits per heavy atom. The Hall–Kier alpha value is -0.710. The molecule has 1 heterocycles. The van der Waals surface area contributed by atoms with Crippen LogP contribution in [-0.2, 0) is 4.79 Å². The third-order valence-electron chi connectivity index (χ3n) is 2.87. The first-order valence-corrected chi connectivity index (χ1v) is 6.93. The van der Waals surface area contributed by atoms with Gasteiger partial charge in [0.25, 0.3) is 0 Å². The number of hydrogen-bond acceptors (Lipinski definition) is 3.